The lowest BCUT2D eigenvalue weighted by Crippen LogP contribution is -2.30. The number of hydrogen-bond acceptors (Lipinski definition) is 4. The van der Waals surface area contributed by atoms with Crippen LogP contribution < -0.4 is 10.6 Å². The zero-order valence-corrected chi connectivity index (χ0v) is 12.8. The maximum Gasteiger partial charge on any atom is 0.257 e. The summed E-state index contributed by atoms with van der Waals surface area (Å²) in [6.07, 6.45) is 2.79. The Labute approximate surface area is 134 Å². The van der Waals surface area contributed by atoms with Crippen LogP contribution in [0.5, 0.6) is 0 Å². The molecule has 0 aliphatic carbocycles. The van der Waals surface area contributed by atoms with Crippen LogP contribution in [-0.2, 0) is 0 Å². The van der Waals surface area contributed by atoms with Crippen molar-refractivity contribution in [1.82, 2.24) is 10.3 Å². The van der Waals surface area contributed by atoms with Gasteiger partial charge in [-0.1, -0.05) is 6.07 Å². The van der Waals surface area contributed by atoms with E-state index >= 15 is 0 Å². The molecule has 6 nitrogen and oxygen atoms in total. The molecule has 0 radical (unpaired) electrons. The van der Waals surface area contributed by atoms with Crippen LogP contribution in [0.25, 0.3) is 0 Å². The van der Waals surface area contributed by atoms with Gasteiger partial charge in [0.2, 0.25) is 0 Å². The maximum atomic E-state index is 12.2. The predicted molar refractivity (Wildman–Crippen MR) is 85.9 cm³/mol. The van der Waals surface area contributed by atoms with Crippen LogP contribution in [-0.4, -0.2) is 22.8 Å². The smallest absolute Gasteiger partial charge is 0.257 e. The molecule has 1 aromatic carbocycles. The fourth-order valence-electron chi connectivity index (χ4n) is 1.90. The maximum absolute atomic E-state index is 12.2. The number of anilines is 1. The monoisotopic (exact) mass is 308 g/mol. The summed E-state index contributed by atoms with van der Waals surface area (Å²) in [6, 6.07) is 10.1. The minimum Gasteiger partial charge on any atom is -0.350 e. The van der Waals surface area contributed by atoms with Gasteiger partial charge in [0.05, 0.1) is 22.8 Å². The number of nitrogens with one attached hydrogen (secondary N) is 2. The van der Waals surface area contributed by atoms with E-state index < -0.39 is 5.91 Å². The summed E-state index contributed by atoms with van der Waals surface area (Å²) in [5.41, 5.74) is 1.54. The zero-order valence-electron chi connectivity index (χ0n) is 12.8. The van der Waals surface area contributed by atoms with Gasteiger partial charge < -0.3 is 10.6 Å². The molecular formula is C17H16N4O2. The summed E-state index contributed by atoms with van der Waals surface area (Å²) < 4.78 is 0. The normalized spacial score (nSPS) is 10.0. The van der Waals surface area contributed by atoms with Crippen molar-refractivity contribution in [3.05, 3.63) is 59.4 Å². The third-order valence-corrected chi connectivity index (χ3v) is 2.93. The van der Waals surface area contributed by atoms with Crippen molar-refractivity contribution in [2.75, 3.05) is 5.32 Å². The number of pyridine rings is 1. The largest absolute Gasteiger partial charge is 0.350 e. The fraction of sp³-hybridized carbons (Fsp3) is 0.176. The quantitative estimate of drug-likeness (QED) is 0.906. The number of aromatic nitrogens is 1. The summed E-state index contributed by atoms with van der Waals surface area (Å²) in [7, 11) is 0. The molecule has 0 fully saturated rings. The Morgan fingerprint density at radius 1 is 1.13 bits per heavy atom. The molecule has 0 unspecified atom stereocenters. The van der Waals surface area contributed by atoms with Crippen molar-refractivity contribution >= 4 is 17.5 Å². The van der Waals surface area contributed by atoms with Gasteiger partial charge in [-0.2, -0.15) is 5.26 Å². The first-order chi connectivity index (χ1) is 11.0. The molecule has 0 atom stereocenters. The lowest BCUT2D eigenvalue weighted by Gasteiger charge is -2.09. The van der Waals surface area contributed by atoms with Crippen LogP contribution in [0.15, 0.2) is 42.7 Å². The van der Waals surface area contributed by atoms with E-state index in [1.165, 1.54) is 18.5 Å². The second-order valence-electron chi connectivity index (χ2n) is 5.24. The van der Waals surface area contributed by atoms with Crippen LogP contribution in [0.1, 0.15) is 40.1 Å². The number of nitrogens with zero attached hydrogens (tertiary/aromatic N) is 2. The molecule has 116 valence electrons. The van der Waals surface area contributed by atoms with Crippen molar-refractivity contribution in [1.29, 1.82) is 5.26 Å². The van der Waals surface area contributed by atoms with Gasteiger partial charge in [0.1, 0.15) is 0 Å². The molecule has 1 heterocycles. The molecule has 0 bridgehead atoms. The van der Waals surface area contributed by atoms with E-state index in [2.05, 4.69) is 15.6 Å². The van der Waals surface area contributed by atoms with Gasteiger partial charge in [0.25, 0.3) is 11.8 Å². The van der Waals surface area contributed by atoms with Crippen molar-refractivity contribution < 1.29 is 9.59 Å². The number of benzene rings is 1. The Morgan fingerprint density at radius 3 is 2.48 bits per heavy atom. The Balaban J connectivity index is 2.16. The van der Waals surface area contributed by atoms with E-state index in [0.717, 1.165) is 0 Å². The second-order valence-corrected chi connectivity index (χ2v) is 5.24. The fourth-order valence-corrected chi connectivity index (χ4v) is 1.90. The zero-order chi connectivity index (χ0) is 16.8. The van der Waals surface area contributed by atoms with Crippen LogP contribution in [0.2, 0.25) is 0 Å². The Morgan fingerprint density at radius 2 is 1.83 bits per heavy atom. The molecule has 23 heavy (non-hydrogen) atoms. The van der Waals surface area contributed by atoms with Gasteiger partial charge in [0.15, 0.2) is 0 Å². The van der Waals surface area contributed by atoms with Gasteiger partial charge >= 0.3 is 0 Å². The van der Waals surface area contributed by atoms with Crippen LogP contribution in [0.4, 0.5) is 5.69 Å². The highest BCUT2D eigenvalue weighted by molar-refractivity contribution is 6.05. The Hall–Kier alpha value is -3.20. The molecule has 2 amide bonds. The summed E-state index contributed by atoms with van der Waals surface area (Å²) in [5, 5.41) is 14.3. The molecule has 0 saturated heterocycles. The first-order valence-corrected chi connectivity index (χ1v) is 7.07. The highest BCUT2D eigenvalue weighted by Crippen LogP contribution is 2.12. The van der Waals surface area contributed by atoms with Gasteiger partial charge in [0, 0.05) is 24.1 Å². The molecular weight excluding hydrogens is 292 g/mol. The van der Waals surface area contributed by atoms with E-state index in [-0.39, 0.29) is 17.5 Å². The summed E-state index contributed by atoms with van der Waals surface area (Å²) in [4.78, 5) is 28.1. The van der Waals surface area contributed by atoms with Crippen molar-refractivity contribution in [3.8, 4) is 6.07 Å². The number of carbonyl (C=O) groups is 2. The number of hydrogen-bond donors (Lipinski definition) is 2. The molecule has 2 rings (SSSR count). The number of amides is 2. The molecule has 2 aromatic rings. The number of rotatable bonds is 4. The van der Waals surface area contributed by atoms with E-state index in [1.54, 1.807) is 24.3 Å². The van der Waals surface area contributed by atoms with Gasteiger partial charge in [-0.25, -0.2) is 0 Å². The Kier molecular flexibility index (Phi) is 5.05. The molecule has 0 saturated carbocycles. The van der Waals surface area contributed by atoms with Crippen LogP contribution >= 0.6 is 0 Å². The lowest BCUT2D eigenvalue weighted by molar-refractivity contribution is 0.0942. The number of carbonyl (C=O) groups excluding carboxylic acids is 2. The second kappa shape index (κ2) is 7.18. The molecule has 0 spiro atoms. The number of nitriles is 1. The van der Waals surface area contributed by atoms with Crippen LogP contribution in [0.3, 0.4) is 0 Å². The minimum atomic E-state index is -0.396. The molecule has 0 aliphatic heterocycles. The molecule has 0 aliphatic rings. The van der Waals surface area contributed by atoms with Gasteiger partial charge in [-0.05, 0) is 38.1 Å². The summed E-state index contributed by atoms with van der Waals surface area (Å²) >= 11 is 0. The van der Waals surface area contributed by atoms with Crippen LogP contribution in [0, 0.1) is 11.3 Å². The lowest BCUT2D eigenvalue weighted by atomic mass is 10.1. The topological polar surface area (TPSA) is 94.9 Å². The highest BCUT2D eigenvalue weighted by Gasteiger charge is 2.12. The standard InChI is InChI=1S/C17H16N4O2/c1-11(2)20-16(22)13-7-14(10-19-9-13)17(23)21-15-5-3-4-12(6-15)8-18/h3-7,9-11H,1-2H3,(H,20,22)(H,21,23). The summed E-state index contributed by atoms with van der Waals surface area (Å²) in [5.74, 6) is -0.680. The van der Waals surface area contributed by atoms with E-state index in [9.17, 15) is 9.59 Å². The first-order valence-electron chi connectivity index (χ1n) is 7.07. The molecule has 6 heteroatoms. The predicted octanol–water partition coefficient (Wildman–Crippen LogP) is 2.34. The van der Waals surface area contributed by atoms with Crippen molar-refractivity contribution in [2.45, 2.75) is 19.9 Å². The van der Waals surface area contributed by atoms with Gasteiger partial charge in [-0.3, -0.25) is 14.6 Å². The highest BCUT2D eigenvalue weighted by atomic mass is 16.2. The van der Waals surface area contributed by atoms with Gasteiger partial charge in [-0.15, -0.1) is 0 Å². The molecule has 1 aromatic heterocycles. The van der Waals surface area contributed by atoms with Crippen molar-refractivity contribution in [3.63, 3.8) is 0 Å². The van der Waals surface area contributed by atoms with E-state index in [0.29, 0.717) is 16.8 Å². The third kappa shape index (κ3) is 4.38. The average molecular weight is 308 g/mol. The molecule has 2 N–H and O–H groups in total. The van der Waals surface area contributed by atoms with Crippen molar-refractivity contribution in [2.24, 2.45) is 0 Å². The third-order valence-electron chi connectivity index (χ3n) is 2.93. The SMILES string of the molecule is CC(C)NC(=O)c1cncc(C(=O)Nc2cccc(C#N)c2)c1. The first kappa shape index (κ1) is 16.2. The average Bonchev–Trinajstić information content (AvgIpc) is 2.54. The van der Waals surface area contributed by atoms with E-state index in [4.69, 9.17) is 5.26 Å². The summed E-state index contributed by atoms with van der Waals surface area (Å²) in [6.45, 7) is 3.70. The minimum absolute atomic E-state index is 0.00583. The Bertz CT molecular complexity index is 778. The van der Waals surface area contributed by atoms with E-state index in [1.807, 2.05) is 19.9 Å².